The van der Waals surface area contributed by atoms with Gasteiger partial charge in [-0.1, -0.05) is 6.08 Å². The van der Waals surface area contributed by atoms with Gasteiger partial charge in [0.25, 0.3) is 0 Å². The molecule has 0 aliphatic carbocycles. The van der Waals surface area contributed by atoms with Crippen molar-refractivity contribution < 1.29 is 0 Å². The van der Waals surface area contributed by atoms with Crippen LogP contribution in [0.4, 0.5) is 5.69 Å². The number of nitrogens with zero attached hydrogens (tertiary/aromatic N) is 1. The Morgan fingerprint density at radius 2 is 2.36 bits per heavy atom. The minimum absolute atomic E-state index is 0.224. The number of rotatable bonds is 2. The predicted molar refractivity (Wildman–Crippen MR) is 45.8 cm³/mol. The van der Waals surface area contributed by atoms with Crippen LogP contribution in [-0.4, -0.2) is 4.98 Å². The maximum absolute atomic E-state index is 5.63. The minimum Gasteiger partial charge on any atom is -0.399 e. The monoisotopic (exact) mass is 149 g/mol. The maximum Gasteiger partial charge on any atom is 0.0654 e. The molecule has 1 aromatic rings. The first-order valence-corrected chi connectivity index (χ1v) is 3.33. The highest BCUT2D eigenvalue weighted by atomic mass is 14.8. The van der Waals surface area contributed by atoms with Crippen LogP contribution < -0.4 is 11.5 Å². The van der Waals surface area contributed by atoms with Crippen LogP contribution in [-0.2, 0) is 0 Å². The van der Waals surface area contributed by atoms with Gasteiger partial charge in [0.1, 0.15) is 0 Å². The number of hydrogen-bond acceptors (Lipinski definition) is 3. The van der Waals surface area contributed by atoms with Gasteiger partial charge in [0.05, 0.1) is 11.7 Å². The zero-order chi connectivity index (χ0) is 8.27. The number of hydrogen-bond donors (Lipinski definition) is 2. The Kier molecular flexibility index (Phi) is 2.23. The topological polar surface area (TPSA) is 64.9 Å². The van der Waals surface area contributed by atoms with Gasteiger partial charge in [0, 0.05) is 11.9 Å². The lowest BCUT2D eigenvalue weighted by Crippen LogP contribution is -2.08. The molecule has 4 N–H and O–H groups in total. The summed E-state index contributed by atoms with van der Waals surface area (Å²) < 4.78 is 0. The van der Waals surface area contributed by atoms with Crippen molar-refractivity contribution in [1.82, 2.24) is 4.98 Å². The third-order valence-corrected chi connectivity index (χ3v) is 1.40. The summed E-state index contributed by atoms with van der Waals surface area (Å²) in [7, 11) is 0. The summed E-state index contributed by atoms with van der Waals surface area (Å²) in [6.07, 6.45) is 3.26. The Morgan fingerprint density at radius 1 is 1.64 bits per heavy atom. The molecule has 0 amide bonds. The van der Waals surface area contributed by atoms with E-state index in [1.165, 1.54) is 0 Å². The van der Waals surface area contributed by atoms with Crippen molar-refractivity contribution in [2.75, 3.05) is 5.73 Å². The molecule has 3 nitrogen and oxygen atoms in total. The number of nitrogen functional groups attached to an aromatic ring is 1. The molecular formula is C8H11N3. The minimum atomic E-state index is -0.224. The summed E-state index contributed by atoms with van der Waals surface area (Å²) in [5, 5.41) is 0. The molecule has 1 unspecified atom stereocenters. The van der Waals surface area contributed by atoms with Crippen LogP contribution >= 0.6 is 0 Å². The summed E-state index contributed by atoms with van der Waals surface area (Å²) in [6, 6.07) is 3.24. The maximum atomic E-state index is 5.63. The number of anilines is 1. The Balaban J connectivity index is 2.95. The first-order chi connectivity index (χ1) is 5.24. The van der Waals surface area contributed by atoms with Crippen LogP contribution in [0.15, 0.2) is 31.0 Å². The second kappa shape index (κ2) is 3.16. The van der Waals surface area contributed by atoms with Gasteiger partial charge in [-0.15, -0.1) is 6.58 Å². The van der Waals surface area contributed by atoms with E-state index in [4.69, 9.17) is 11.5 Å². The standard InChI is InChI=1S/C8H11N3/c1-2-7(10)8-5-6(9)3-4-11-8/h2-5,7H,1,10H2,(H2,9,11). The molecule has 11 heavy (non-hydrogen) atoms. The van der Waals surface area contributed by atoms with Gasteiger partial charge in [0.15, 0.2) is 0 Å². The van der Waals surface area contributed by atoms with Crippen LogP contribution in [0.2, 0.25) is 0 Å². The second-order valence-electron chi connectivity index (χ2n) is 2.28. The lowest BCUT2D eigenvalue weighted by molar-refractivity contribution is 0.865. The molecule has 0 saturated carbocycles. The van der Waals surface area contributed by atoms with Crippen molar-refractivity contribution in [3.05, 3.63) is 36.7 Å². The number of aromatic nitrogens is 1. The van der Waals surface area contributed by atoms with Crippen molar-refractivity contribution in [2.45, 2.75) is 6.04 Å². The molecule has 1 atom stereocenters. The van der Waals surface area contributed by atoms with Crippen LogP contribution in [0.25, 0.3) is 0 Å². The Hall–Kier alpha value is -1.35. The normalized spacial score (nSPS) is 12.5. The molecule has 0 aromatic carbocycles. The smallest absolute Gasteiger partial charge is 0.0654 e. The summed E-state index contributed by atoms with van der Waals surface area (Å²) >= 11 is 0. The first kappa shape index (κ1) is 7.75. The van der Waals surface area contributed by atoms with E-state index in [0.717, 1.165) is 5.69 Å². The highest BCUT2D eigenvalue weighted by Crippen LogP contribution is 2.10. The first-order valence-electron chi connectivity index (χ1n) is 3.33. The largest absolute Gasteiger partial charge is 0.399 e. The molecule has 0 saturated heterocycles. The van der Waals surface area contributed by atoms with Crippen LogP contribution in [0.5, 0.6) is 0 Å². The lowest BCUT2D eigenvalue weighted by atomic mass is 10.2. The van der Waals surface area contributed by atoms with Gasteiger partial charge >= 0.3 is 0 Å². The van der Waals surface area contributed by atoms with E-state index in [2.05, 4.69) is 11.6 Å². The Morgan fingerprint density at radius 3 is 2.91 bits per heavy atom. The van der Waals surface area contributed by atoms with Gasteiger partial charge in [-0.3, -0.25) is 4.98 Å². The van der Waals surface area contributed by atoms with Crippen LogP contribution in [0, 0.1) is 0 Å². The molecule has 1 aromatic heterocycles. The van der Waals surface area contributed by atoms with Crippen molar-refractivity contribution >= 4 is 5.69 Å². The van der Waals surface area contributed by atoms with E-state index in [0.29, 0.717) is 5.69 Å². The average molecular weight is 149 g/mol. The van der Waals surface area contributed by atoms with E-state index < -0.39 is 0 Å². The molecule has 1 heterocycles. The van der Waals surface area contributed by atoms with E-state index in [1.807, 2.05) is 0 Å². The van der Waals surface area contributed by atoms with Crippen molar-refractivity contribution in [3.8, 4) is 0 Å². The molecule has 0 spiro atoms. The zero-order valence-corrected chi connectivity index (χ0v) is 6.20. The van der Waals surface area contributed by atoms with Crippen molar-refractivity contribution in [3.63, 3.8) is 0 Å². The molecule has 0 aliphatic heterocycles. The van der Waals surface area contributed by atoms with E-state index >= 15 is 0 Å². The Bertz CT molecular complexity index is 257. The third-order valence-electron chi connectivity index (χ3n) is 1.40. The highest BCUT2D eigenvalue weighted by molar-refractivity contribution is 5.38. The van der Waals surface area contributed by atoms with E-state index in [-0.39, 0.29) is 6.04 Å². The van der Waals surface area contributed by atoms with Crippen LogP contribution in [0.3, 0.4) is 0 Å². The molecule has 0 bridgehead atoms. The summed E-state index contributed by atoms with van der Waals surface area (Å²) in [5.41, 5.74) is 12.6. The fourth-order valence-corrected chi connectivity index (χ4v) is 0.769. The summed E-state index contributed by atoms with van der Waals surface area (Å²) in [5.74, 6) is 0. The lowest BCUT2D eigenvalue weighted by Gasteiger charge is -2.04. The van der Waals surface area contributed by atoms with Crippen molar-refractivity contribution in [1.29, 1.82) is 0 Å². The molecule has 58 valence electrons. The number of nitrogens with two attached hydrogens (primary N) is 2. The molecule has 0 radical (unpaired) electrons. The average Bonchev–Trinajstić information content (AvgIpc) is 2.03. The molecular weight excluding hydrogens is 138 g/mol. The fourth-order valence-electron chi connectivity index (χ4n) is 0.769. The highest BCUT2D eigenvalue weighted by Gasteiger charge is 2.01. The van der Waals surface area contributed by atoms with Gasteiger partial charge in [0.2, 0.25) is 0 Å². The van der Waals surface area contributed by atoms with Crippen molar-refractivity contribution in [2.24, 2.45) is 5.73 Å². The Labute approximate surface area is 65.7 Å². The van der Waals surface area contributed by atoms with E-state index in [9.17, 15) is 0 Å². The fraction of sp³-hybridized carbons (Fsp3) is 0.125. The number of pyridine rings is 1. The predicted octanol–water partition coefficient (Wildman–Crippen LogP) is 0.850. The second-order valence-corrected chi connectivity index (χ2v) is 2.28. The van der Waals surface area contributed by atoms with Gasteiger partial charge in [-0.2, -0.15) is 0 Å². The SMILES string of the molecule is C=CC(N)c1cc(N)ccn1. The van der Waals surface area contributed by atoms with E-state index in [1.54, 1.807) is 24.4 Å². The third kappa shape index (κ3) is 1.78. The van der Waals surface area contributed by atoms with Gasteiger partial charge in [-0.25, -0.2) is 0 Å². The van der Waals surface area contributed by atoms with Crippen LogP contribution in [0.1, 0.15) is 11.7 Å². The molecule has 3 heteroatoms. The summed E-state index contributed by atoms with van der Waals surface area (Å²) in [6.45, 7) is 3.56. The quantitative estimate of drug-likeness (QED) is 0.612. The van der Waals surface area contributed by atoms with Gasteiger partial charge < -0.3 is 11.5 Å². The summed E-state index contributed by atoms with van der Waals surface area (Å²) in [4.78, 5) is 4.03. The molecule has 1 rings (SSSR count). The molecule has 0 aliphatic rings. The van der Waals surface area contributed by atoms with Gasteiger partial charge in [-0.05, 0) is 12.1 Å². The zero-order valence-electron chi connectivity index (χ0n) is 6.20. The molecule has 0 fully saturated rings.